The van der Waals surface area contributed by atoms with Crippen LogP contribution in [0.1, 0.15) is 33.7 Å². The van der Waals surface area contributed by atoms with Crippen LogP contribution in [0.2, 0.25) is 0 Å². The fourth-order valence-electron chi connectivity index (χ4n) is 3.04. The third-order valence-electron chi connectivity index (χ3n) is 4.60. The maximum atomic E-state index is 12.5. The van der Waals surface area contributed by atoms with Gasteiger partial charge in [0.2, 0.25) is 5.91 Å². The molecule has 0 spiro atoms. The van der Waals surface area contributed by atoms with Crippen molar-refractivity contribution in [1.29, 1.82) is 0 Å². The Morgan fingerprint density at radius 3 is 2.93 bits per heavy atom. The number of rotatable bonds is 7. The molecule has 2 aromatic heterocycles. The zero-order chi connectivity index (χ0) is 19.1. The minimum atomic E-state index is 0. The Bertz CT molecular complexity index is 789. The highest BCUT2D eigenvalue weighted by Gasteiger charge is 2.20. The van der Waals surface area contributed by atoms with Crippen molar-refractivity contribution in [1.82, 2.24) is 20.5 Å². The van der Waals surface area contributed by atoms with Crippen LogP contribution in [0.25, 0.3) is 0 Å². The van der Waals surface area contributed by atoms with E-state index in [2.05, 4.69) is 39.0 Å². The number of nitrogens with one attached hydrogen (secondary N) is 2. The van der Waals surface area contributed by atoms with Gasteiger partial charge in [-0.05, 0) is 29.9 Å². The first-order chi connectivity index (χ1) is 13.2. The summed E-state index contributed by atoms with van der Waals surface area (Å²) >= 11 is 3.56. The van der Waals surface area contributed by atoms with Gasteiger partial charge in [-0.3, -0.25) is 9.79 Å². The molecule has 0 fully saturated rings. The van der Waals surface area contributed by atoms with Gasteiger partial charge in [0.05, 0.1) is 5.01 Å². The van der Waals surface area contributed by atoms with E-state index in [0.29, 0.717) is 13.0 Å². The largest absolute Gasteiger partial charge is 0.356 e. The van der Waals surface area contributed by atoms with Crippen molar-refractivity contribution >= 4 is 58.5 Å². The molecule has 1 aliphatic rings. The molecule has 0 saturated carbocycles. The minimum Gasteiger partial charge on any atom is -0.356 e. The summed E-state index contributed by atoms with van der Waals surface area (Å²) in [6, 6.07) is 2.13. The van der Waals surface area contributed by atoms with E-state index in [0.717, 1.165) is 49.9 Å². The molecule has 28 heavy (non-hydrogen) atoms. The van der Waals surface area contributed by atoms with Gasteiger partial charge in [-0.25, -0.2) is 4.98 Å². The number of halogens is 1. The van der Waals surface area contributed by atoms with E-state index in [1.807, 2.05) is 11.1 Å². The molecule has 0 bridgehead atoms. The molecule has 3 heterocycles. The number of fused-ring (bicyclic) bond motifs is 1. The first-order valence-electron chi connectivity index (χ1n) is 9.40. The second kappa shape index (κ2) is 11.7. The molecule has 3 rings (SSSR count). The average Bonchev–Trinajstić information content (AvgIpc) is 3.34. The first-order valence-corrected chi connectivity index (χ1v) is 11.1. The molecule has 1 aliphatic heterocycles. The topological polar surface area (TPSA) is 69.6 Å². The number of hydrogen-bond donors (Lipinski definition) is 2. The fourth-order valence-corrected chi connectivity index (χ4v) is 4.79. The number of carbonyl (C=O) groups excluding carboxylic acids is 1. The minimum absolute atomic E-state index is 0. The summed E-state index contributed by atoms with van der Waals surface area (Å²) < 4.78 is 0. The number of carbonyl (C=O) groups is 1. The number of amides is 1. The van der Waals surface area contributed by atoms with Crippen molar-refractivity contribution in [2.45, 2.75) is 39.2 Å². The summed E-state index contributed by atoms with van der Waals surface area (Å²) in [4.78, 5) is 25.8. The normalized spacial score (nSPS) is 13.6. The monoisotopic (exact) mass is 533 g/mol. The van der Waals surface area contributed by atoms with Crippen molar-refractivity contribution < 1.29 is 4.79 Å². The molecule has 9 heteroatoms. The smallest absolute Gasteiger partial charge is 0.224 e. The number of guanidine groups is 1. The number of nitrogens with zero attached hydrogens (tertiary/aromatic N) is 3. The van der Waals surface area contributed by atoms with Gasteiger partial charge in [-0.15, -0.1) is 46.7 Å². The van der Waals surface area contributed by atoms with Crippen LogP contribution in [0.4, 0.5) is 0 Å². The van der Waals surface area contributed by atoms with Crippen molar-refractivity contribution in [3.8, 4) is 0 Å². The number of thiophene rings is 1. The van der Waals surface area contributed by atoms with Crippen LogP contribution in [0.3, 0.4) is 0 Å². The van der Waals surface area contributed by atoms with E-state index in [9.17, 15) is 4.79 Å². The van der Waals surface area contributed by atoms with Crippen LogP contribution in [0.15, 0.2) is 22.6 Å². The Morgan fingerprint density at radius 1 is 1.36 bits per heavy atom. The highest BCUT2D eigenvalue weighted by Crippen LogP contribution is 2.24. The van der Waals surface area contributed by atoms with Gasteiger partial charge in [0.1, 0.15) is 0 Å². The number of thiazole rings is 1. The summed E-state index contributed by atoms with van der Waals surface area (Å²) in [7, 11) is 1.75. The summed E-state index contributed by atoms with van der Waals surface area (Å²) in [5, 5.41) is 9.78. The third-order valence-corrected chi connectivity index (χ3v) is 6.82. The van der Waals surface area contributed by atoms with Crippen molar-refractivity contribution in [2.75, 3.05) is 26.7 Å². The van der Waals surface area contributed by atoms with Gasteiger partial charge in [0.25, 0.3) is 0 Å². The van der Waals surface area contributed by atoms with Crippen LogP contribution in [-0.2, 0) is 30.6 Å². The summed E-state index contributed by atoms with van der Waals surface area (Å²) in [5.41, 5.74) is 1.30. The average molecular weight is 534 g/mol. The van der Waals surface area contributed by atoms with Gasteiger partial charge < -0.3 is 15.5 Å². The van der Waals surface area contributed by atoms with Gasteiger partial charge in [0.15, 0.2) is 5.96 Å². The van der Waals surface area contributed by atoms with Gasteiger partial charge >= 0.3 is 0 Å². The van der Waals surface area contributed by atoms with Gasteiger partial charge in [0, 0.05) is 62.0 Å². The number of aryl methyl sites for hydroxylation is 1. The lowest BCUT2D eigenvalue weighted by Gasteiger charge is -2.27. The molecule has 1 amide bonds. The molecule has 0 atom stereocenters. The van der Waals surface area contributed by atoms with Crippen LogP contribution in [-0.4, -0.2) is 48.4 Å². The molecule has 0 unspecified atom stereocenters. The predicted molar refractivity (Wildman–Crippen MR) is 128 cm³/mol. The van der Waals surface area contributed by atoms with E-state index < -0.39 is 0 Å². The molecule has 0 aromatic carbocycles. The highest BCUT2D eigenvalue weighted by molar-refractivity contribution is 14.0. The van der Waals surface area contributed by atoms with E-state index in [1.54, 1.807) is 29.7 Å². The standard InChI is InChI=1S/C19H27N5OS2.HI/c1-3-15-12-23-17(27-15)4-8-21-19(20-2)22-9-5-18(25)24-10-6-16-14(13-24)7-11-26-16;/h7,11-12H,3-6,8-10,13H2,1-2H3,(H2,20,21,22);1H. The SMILES string of the molecule is CCc1cnc(CCNC(=NC)NCCC(=O)N2CCc3sccc3C2)s1.I. The molecule has 2 aromatic rings. The van der Waals surface area contributed by atoms with Crippen LogP contribution < -0.4 is 10.6 Å². The lowest BCUT2D eigenvalue weighted by Crippen LogP contribution is -2.41. The lowest BCUT2D eigenvalue weighted by molar-refractivity contribution is -0.131. The Hall–Kier alpha value is -1.20. The molecule has 6 nitrogen and oxygen atoms in total. The van der Waals surface area contributed by atoms with E-state index >= 15 is 0 Å². The third kappa shape index (κ3) is 6.41. The molecule has 0 radical (unpaired) electrons. The summed E-state index contributed by atoms with van der Waals surface area (Å²) in [6.07, 6.45) is 5.32. The zero-order valence-corrected chi connectivity index (χ0v) is 20.3. The van der Waals surface area contributed by atoms with Crippen LogP contribution in [0.5, 0.6) is 0 Å². The van der Waals surface area contributed by atoms with Crippen LogP contribution >= 0.6 is 46.7 Å². The molecule has 0 saturated heterocycles. The number of hydrogen-bond acceptors (Lipinski definition) is 5. The van der Waals surface area contributed by atoms with Crippen molar-refractivity contribution in [3.05, 3.63) is 38.0 Å². The first kappa shape index (κ1) is 23.1. The maximum absolute atomic E-state index is 12.5. The molecular formula is C19H28IN5OS2. The highest BCUT2D eigenvalue weighted by atomic mass is 127. The lowest BCUT2D eigenvalue weighted by atomic mass is 10.1. The van der Waals surface area contributed by atoms with Crippen molar-refractivity contribution in [2.24, 2.45) is 4.99 Å². The number of aromatic nitrogens is 1. The summed E-state index contributed by atoms with van der Waals surface area (Å²) in [6.45, 7) is 5.08. The molecular weight excluding hydrogens is 505 g/mol. The van der Waals surface area contributed by atoms with E-state index in [-0.39, 0.29) is 29.9 Å². The van der Waals surface area contributed by atoms with Crippen LogP contribution in [0, 0.1) is 0 Å². The second-order valence-electron chi connectivity index (χ2n) is 6.43. The Balaban J connectivity index is 0.00000280. The molecule has 0 aliphatic carbocycles. The fraction of sp³-hybridized carbons (Fsp3) is 0.526. The second-order valence-corrected chi connectivity index (χ2v) is 8.63. The molecule has 2 N–H and O–H groups in total. The zero-order valence-electron chi connectivity index (χ0n) is 16.4. The Morgan fingerprint density at radius 2 is 2.18 bits per heavy atom. The summed E-state index contributed by atoms with van der Waals surface area (Å²) in [5.74, 6) is 0.929. The van der Waals surface area contributed by atoms with Gasteiger partial charge in [-0.2, -0.15) is 0 Å². The van der Waals surface area contributed by atoms with E-state index in [4.69, 9.17) is 0 Å². The maximum Gasteiger partial charge on any atom is 0.224 e. The van der Waals surface area contributed by atoms with Gasteiger partial charge in [-0.1, -0.05) is 6.92 Å². The number of aliphatic imine (C=N–C) groups is 1. The molecule has 154 valence electrons. The Kier molecular flexibility index (Phi) is 9.66. The van der Waals surface area contributed by atoms with E-state index in [1.165, 1.54) is 15.3 Å². The quantitative estimate of drug-likeness (QED) is 0.326. The Labute approximate surface area is 191 Å². The van der Waals surface area contributed by atoms with Crippen molar-refractivity contribution in [3.63, 3.8) is 0 Å². The predicted octanol–water partition coefficient (Wildman–Crippen LogP) is 3.07.